The minimum atomic E-state index is -0.538. The van der Waals surface area contributed by atoms with Gasteiger partial charge in [-0.15, -0.1) is 5.10 Å². The predicted molar refractivity (Wildman–Crippen MR) is 72.6 cm³/mol. The van der Waals surface area contributed by atoms with E-state index in [-0.39, 0.29) is 5.91 Å². The van der Waals surface area contributed by atoms with E-state index in [1.807, 2.05) is 13.8 Å². The molecular formula is C12H23N5O2. The van der Waals surface area contributed by atoms with Gasteiger partial charge >= 0.3 is 6.01 Å². The van der Waals surface area contributed by atoms with Crippen molar-refractivity contribution in [2.24, 2.45) is 5.41 Å². The van der Waals surface area contributed by atoms with E-state index in [1.165, 1.54) is 0 Å². The number of nitrogens with zero attached hydrogens (tertiary/aromatic N) is 2. The number of hydrogen-bond acceptors (Lipinski definition) is 6. The van der Waals surface area contributed by atoms with Gasteiger partial charge in [0.15, 0.2) is 0 Å². The number of amides is 1. The van der Waals surface area contributed by atoms with Crippen molar-refractivity contribution in [3.05, 3.63) is 5.89 Å². The number of carbonyl (C=O) groups is 1. The summed E-state index contributed by atoms with van der Waals surface area (Å²) in [6.45, 7) is 7.68. The average molecular weight is 269 g/mol. The van der Waals surface area contributed by atoms with E-state index in [0.717, 1.165) is 13.0 Å². The third kappa shape index (κ3) is 4.86. The fraction of sp³-hybridized carbons (Fsp3) is 0.750. The molecule has 0 atom stereocenters. The first kappa shape index (κ1) is 15.4. The van der Waals surface area contributed by atoms with Crippen molar-refractivity contribution < 1.29 is 9.21 Å². The van der Waals surface area contributed by atoms with Crippen LogP contribution in [0.1, 0.15) is 33.1 Å². The van der Waals surface area contributed by atoms with E-state index in [9.17, 15) is 4.79 Å². The lowest BCUT2D eigenvalue weighted by Crippen LogP contribution is -2.39. The van der Waals surface area contributed by atoms with Gasteiger partial charge < -0.3 is 20.4 Å². The summed E-state index contributed by atoms with van der Waals surface area (Å²) < 4.78 is 5.41. The van der Waals surface area contributed by atoms with E-state index in [4.69, 9.17) is 4.42 Å². The molecule has 0 aliphatic rings. The van der Waals surface area contributed by atoms with Crippen molar-refractivity contribution in [3.63, 3.8) is 0 Å². The zero-order chi connectivity index (χ0) is 14.3. The highest BCUT2D eigenvalue weighted by atomic mass is 16.4. The Balaban J connectivity index is 2.43. The van der Waals surface area contributed by atoms with Gasteiger partial charge in [-0.2, -0.15) is 0 Å². The highest BCUT2D eigenvalue weighted by molar-refractivity contribution is 5.82. The molecule has 108 valence electrons. The van der Waals surface area contributed by atoms with Gasteiger partial charge in [-0.1, -0.05) is 12.0 Å². The molecule has 0 aliphatic carbocycles. The van der Waals surface area contributed by atoms with Gasteiger partial charge in [-0.3, -0.25) is 4.79 Å². The van der Waals surface area contributed by atoms with E-state index in [2.05, 4.69) is 33.1 Å². The molecule has 1 rings (SSSR count). The standard InChI is InChI=1S/C12H23N5O2/c1-5-6-14-7-9-16-17-11(19-9)15-8-12(2,3)10(18)13-4/h14H,5-8H2,1-4H3,(H,13,18)(H,15,17). The number of rotatable bonds is 8. The van der Waals surface area contributed by atoms with Gasteiger partial charge in [0.25, 0.3) is 0 Å². The Hall–Kier alpha value is -1.63. The van der Waals surface area contributed by atoms with Gasteiger partial charge in [-0.05, 0) is 26.8 Å². The van der Waals surface area contributed by atoms with Crippen molar-refractivity contribution in [2.45, 2.75) is 33.7 Å². The monoisotopic (exact) mass is 269 g/mol. The SMILES string of the molecule is CCCNCc1nnc(NCC(C)(C)C(=O)NC)o1. The molecule has 0 radical (unpaired) electrons. The van der Waals surface area contributed by atoms with Crippen molar-refractivity contribution >= 4 is 11.9 Å². The Kier molecular flexibility index (Phi) is 5.75. The smallest absolute Gasteiger partial charge is 0.315 e. The number of carbonyl (C=O) groups excluding carboxylic acids is 1. The first-order chi connectivity index (χ1) is 8.99. The van der Waals surface area contributed by atoms with Crippen molar-refractivity contribution in [2.75, 3.05) is 25.5 Å². The van der Waals surface area contributed by atoms with Crippen LogP contribution in [0.25, 0.3) is 0 Å². The van der Waals surface area contributed by atoms with Crippen LogP contribution >= 0.6 is 0 Å². The van der Waals surface area contributed by atoms with E-state index >= 15 is 0 Å². The first-order valence-corrected chi connectivity index (χ1v) is 6.48. The van der Waals surface area contributed by atoms with Gasteiger partial charge in [0.2, 0.25) is 11.8 Å². The average Bonchev–Trinajstić information content (AvgIpc) is 2.84. The minimum Gasteiger partial charge on any atom is -0.407 e. The summed E-state index contributed by atoms with van der Waals surface area (Å²) in [6, 6.07) is 0.338. The maximum absolute atomic E-state index is 11.6. The van der Waals surface area contributed by atoms with Crippen LogP contribution in [0.4, 0.5) is 6.01 Å². The Bertz CT molecular complexity index is 403. The molecule has 0 saturated carbocycles. The van der Waals surface area contributed by atoms with Crippen LogP contribution in [-0.2, 0) is 11.3 Å². The maximum Gasteiger partial charge on any atom is 0.315 e. The highest BCUT2D eigenvalue weighted by Gasteiger charge is 2.26. The molecule has 0 aromatic carbocycles. The Morgan fingerprint density at radius 1 is 1.37 bits per heavy atom. The maximum atomic E-state index is 11.6. The minimum absolute atomic E-state index is 0.0376. The van der Waals surface area contributed by atoms with Crippen LogP contribution < -0.4 is 16.0 Å². The van der Waals surface area contributed by atoms with Gasteiger partial charge in [0.1, 0.15) is 0 Å². The second kappa shape index (κ2) is 7.08. The van der Waals surface area contributed by atoms with Crippen LogP contribution in [0.5, 0.6) is 0 Å². The quantitative estimate of drug-likeness (QED) is 0.603. The summed E-state index contributed by atoms with van der Waals surface area (Å²) in [6.07, 6.45) is 1.06. The Morgan fingerprint density at radius 3 is 2.74 bits per heavy atom. The van der Waals surface area contributed by atoms with Crippen LogP contribution in [0.2, 0.25) is 0 Å². The summed E-state index contributed by atoms with van der Waals surface area (Å²) in [5.41, 5.74) is -0.538. The van der Waals surface area contributed by atoms with Crippen molar-refractivity contribution in [3.8, 4) is 0 Å². The molecule has 7 heteroatoms. The third-order valence-corrected chi connectivity index (χ3v) is 2.69. The van der Waals surface area contributed by atoms with E-state index in [0.29, 0.717) is 25.0 Å². The molecule has 7 nitrogen and oxygen atoms in total. The molecule has 1 heterocycles. The van der Waals surface area contributed by atoms with Crippen LogP contribution in [0, 0.1) is 5.41 Å². The summed E-state index contributed by atoms with van der Waals surface area (Å²) in [4.78, 5) is 11.6. The van der Waals surface area contributed by atoms with E-state index in [1.54, 1.807) is 7.05 Å². The Morgan fingerprint density at radius 2 is 2.11 bits per heavy atom. The molecule has 0 spiro atoms. The molecule has 0 saturated heterocycles. The lowest BCUT2D eigenvalue weighted by molar-refractivity contribution is -0.128. The van der Waals surface area contributed by atoms with Crippen molar-refractivity contribution in [1.82, 2.24) is 20.8 Å². The van der Waals surface area contributed by atoms with Crippen LogP contribution in [-0.4, -0.2) is 36.2 Å². The molecule has 0 fully saturated rings. The summed E-state index contributed by atoms with van der Waals surface area (Å²) in [7, 11) is 1.62. The zero-order valence-electron chi connectivity index (χ0n) is 12.0. The summed E-state index contributed by atoms with van der Waals surface area (Å²) >= 11 is 0. The molecule has 0 aliphatic heterocycles. The Labute approximate surface area is 113 Å². The second-order valence-electron chi connectivity index (χ2n) is 4.99. The number of nitrogens with one attached hydrogen (secondary N) is 3. The zero-order valence-corrected chi connectivity index (χ0v) is 12.0. The van der Waals surface area contributed by atoms with Crippen molar-refractivity contribution in [1.29, 1.82) is 0 Å². The molecule has 19 heavy (non-hydrogen) atoms. The van der Waals surface area contributed by atoms with Gasteiger partial charge in [0, 0.05) is 13.6 Å². The normalized spacial score (nSPS) is 11.4. The van der Waals surface area contributed by atoms with Gasteiger partial charge in [0.05, 0.1) is 12.0 Å². The molecule has 0 unspecified atom stereocenters. The summed E-state index contributed by atoms with van der Waals surface area (Å²) in [5.74, 6) is 0.498. The predicted octanol–water partition coefficient (Wildman–Crippen LogP) is 0.753. The highest BCUT2D eigenvalue weighted by Crippen LogP contribution is 2.16. The summed E-state index contributed by atoms with van der Waals surface area (Å²) in [5, 5.41) is 16.6. The number of aromatic nitrogens is 2. The van der Waals surface area contributed by atoms with E-state index < -0.39 is 5.41 Å². The molecule has 1 aromatic rings. The fourth-order valence-corrected chi connectivity index (χ4v) is 1.48. The number of hydrogen-bond donors (Lipinski definition) is 3. The fourth-order valence-electron chi connectivity index (χ4n) is 1.48. The molecule has 0 bridgehead atoms. The van der Waals surface area contributed by atoms with Crippen LogP contribution in [0.3, 0.4) is 0 Å². The molecular weight excluding hydrogens is 246 g/mol. The number of anilines is 1. The molecule has 1 amide bonds. The topological polar surface area (TPSA) is 92.1 Å². The first-order valence-electron chi connectivity index (χ1n) is 6.48. The largest absolute Gasteiger partial charge is 0.407 e. The lowest BCUT2D eigenvalue weighted by atomic mass is 9.92. The molecule has 1 aromatic heterocycles. The lowest BCUT2D eigenvalue weighted by Gasteiger charge is -2.21. The third-order valence-electron chi connectivity index (χ3n) is 2.69. The molecule has 3 N–H and O–H groups in total. The second-order valence-corrected chi connectivity index (χ2v) is 4.99. The van der Waals surface area contributed by atoms with Gasteiger partial charge in [-0.25, -0.2) is 0 Å². The van der Waals surface area contributed by atoms with Crippen LogP contribution in [0.15, 0.2) is 4.42 Å².